The van der Waals surface area contributed by atoms with E-state index in [1.54, 1.807) is 15.9 Å². The van der Waals surface area contributed by atoms with Crippen LogP contribution in [0.5, 0.6) is 0 Å². The molecule has 0 amide bonds. The number of aryl methyl sites for hydroxylation is 2. The van der Waals surface area contributed by atoms with E-state index < -0.39 is 0 Å². The first-order valence-corrected chi connectivity index (χ1v) is 6.85. The molecule has 4 nitrogen and oxygen atoms in total. The Labute approximate surface area is 110 Å². The van der Waals surface area contributed by atoms with Gasteiger partial charge in [-0.25, -0.2) is 4.98 Å². The molecule has 0 unspecified atom stereocenters. The van der Waals surface area contributed by atoms with Crippen LogP contribution in [0.4, 0.5) is 0 Å². The van der Waals surface area contributed by atoms with Crippen molar-refractivity contribution in [2.45, 2.75) is 39.7 Å². The van der Waals surface area contributed by atoms with Crippen molar-refractivity contribution >= 4 is 21.6 Å². The van der Waals surface area contributed by atoms with Gasteiger partial charge in [-0.2, -0.15) is 5.26 Å². The lowest BCUT2D eigenvalue weighted by Gasteiger charge is -2.07. The van der Waals surface area contributed by atoms with Gasteiger partial charge in [-0.1, -0.05) is 6.92 Å². The van der Waals surface area contributed by atoms with Gasteiger partial charge in [-0.05, 0) is 25.8 Å². The zero-order valence-electron chi connectivity index (χ0n) is 10.6. The lowest BCUT2D eigenvalue weighted by atomic mass is 10.3. The van der Waals surface area contributed by atoms with E-state index in [1.807, 2.05) is 13.0 Å². The average Bonchev–Trinajstić information content (AvgIpc) is 2.76. The summed E-state index contributed by atoms with van der Waals surface area (Å²) in [7, 11) is 0. The topological polar surface area (TPSA) is 58.7 Å². The number of nitrogens with zero attached hydrogens (tertiary/aromatic N) is 3. The SMILES string of the molecule is CCc1cc2c(=O)n(CCCC#N)c(C)nc2s1. The Balaban J connectivity index is 2.47. The Bertz CT molecular complexity index is 663. The summed E-state index contributed by atoms with van der Waals surface area (Å²) >= 11 is 1.59. The maximum atomic E-state index is 12.3. The van der Waals surface area contributed by atoms with Crippen molar-refractivity contribution < 1.29 is 0 Å². The van der Waals surface area contributed by atoms with Crippen LogP contribution in [0.1, 0.15) is 30.5 Å². The van der Waals surface area contributed by atoms with E-state index in [1.165, 1.54) is 4.88 Å². The predicted molar refractivity (Wildman–Crippen MR) is 72.8 cm³/mol. The van der Waals surface area contributed by atoms with Gasteiger partial charge >= 0.3 is 0 Å². The summed E-state index contributed by atoms with van der Waals surface area (Å²) in [5.41, 5.74) is 0.0198. The van der Waals surface area contributed by atoms with Gasteiger partial charge in [-0.3, -0.25) is 9.36 Å². The van der Waals surface area contributed by atoms with Gasteiger partial charge in [-0.15, -0.1) is 11.3 Å². The highest BCUT2D eigenvalue weighted by Crippen LogP contribution is 2.21. The minimum Gasteiger partial charge on any atom is -0.296 e. The van der Waals surface area contributed by atoms with Crippen LogP contribution in [0.3, 0.4) is 0 Å². The van der Waals surface area contributed by atoms with E-state index in [9.17, 15) is 4.79 Å². The van der Waals surface area contributed by atoms with E-state index >= 15 is 0 Å². The number of hydrogen-bond donors (Lipinski definition) is 0. The van der Waals surface area contributed by atoms with Crippen LogP contribution in [-0.4, -0.2) is 9.55 Å². The quantitative estimate of drug-likeness (QED) is 0.795. The molecule has 0 aliphatic rings. The van der Waals surface area contributed by atoms with E-state index in [0.29, 0.717) is 24.8 Å². The highest BCUT2D eigenvalue weighted by atomic mass is 32.1. The minimum absolute atomic E-state index is 0.0198. The Kier molecular flexibility index (Phi) is 3.78. The predicted octanol–water partition coefficient (Wildman–Crippen LogP) is 2.63. The Morgan fingerprint density at radius 3 is 3.00 bits per heavy atom. The fourth-order valence-electron chi connectivity index (χ4n) is 1.92. The van der Waals surface area contributed by atoms with Crippen molar-refractivity contribution in [3.8, 4) is 6.07 Å². The molecule has 0 spiro atoms. The number of aromatic nitrogens is 2. The van der Waals surface area contributed by atoms with Crippen LogP contribution in [0.2, 0.25) is 0 Å². The second-order valence-corrected chi connectivity index (χ2v) is 5.28. The van der Waals surface area contributed by atoms with Gasteiger partial charge in [0.2, 0.25) is 0 Å². The van der Waals surface area contributed by atoms with Crippen LogP contribution in [0.15, 0.2) is 10.9 Å². The van der Waals surface area contributed by atoms with Gasteiger partial charge in [0, 0.05) is 17.8 Å². The molecule has 0 saturated carbocycles. The van der Waals surface area contributed by atoms with Gasteiger partial charge in [0.05, 0.1) is 11.5 Å². The molecule has 2 heterocycles. The summed E-state index contributed by atoms with van der Waals surface area (Å²) in [6.07, 6.45) is 2.08. The third-order valence-electron chi connectivity index (χ3n) is 2.91. The summed E-state index contributed by atoms with van der Waals surface area (Å²) in [5.74, 6) is 0.731. The highest BCUT2D eigenvalue weighted by Gasteiger charge is 2.10. The molecular weight excluding hydrogens is 246 g/mol. The fraction of sp³-hybridized carbons (Fsp3) is 0.462. The summed E-state index contributed by atoms with van der Waals surface area (Å²) in [6.45, 7) is 4.49. The first-order valence-electron chi connectivity index (χ1n) is 6.04. The molecule has 0 radical (unpaired) electrons. The lowest BCUT2D eigenvalue weighted by molar-refractivity contribution is 0.607. The highest BCUT2D eigenvalue weighted by molar-refractivity contribution is 7.18. The smallest absolute Gasteiger partial charge is 0.262 e. The minimum atomic E-state index is 0.0198. The maximum Gasteiger partial charge on any atom is 0.262 e. The average molecular weight is 261 g/mol. The molecule has 0 aliphatic heterocycles. The molecule has 2 aromatic rings. The molecule has 18 heavy (non-hydrogen) atoms. The number of hydrogen-bond acceptors (Lipinski definition) is 4. The lowest BCUT2D eigenvalue weighted by Crippen LogP contribution is -2.23. The van der Waals surface area contributed by atoms with Crippen LogP contribution in [0.25, 0.3) is 10.2 Å². The van der Waals surface area contributed by atoms with Crippen molar-refractivity contribution in [1.29, 1.82) is 5.26 Å². The number of thiophene rings is 1. The molecule has 5 heteroatoms. The van der Waals surface area contributed by atoms with Crippen LogP contribution in [0, 0.1) is 18.3 Å². The number of unbranched alkanes of at least 4 members (excludes halogenated alkanes) is 1. The molecule has 0 N–H and O–H groups in total. The zero-order chi connectivity index (χ0) is 13.1. The van der Waals surface area contributed by atoms with Crippen molar-refractivity contribution in [1.82, 2.24) is 9.55 Å². The van der Waals surface area contributed by atoms with Crippen molar-refractivity contribution in [3.63, 3.8) is 0 Å². The molecule has 0 atom stereocenters. The van der Waals surface area contributed by atoms with E-state index in [-0.39, 0.29) is 5.56 Å². The van der Waals surface area contributed by atoms with Crippen molar-refractivity contribution in [2.24, 2.45) is 0 Å². The molecule has 0 aromatic carbocycles. The summed E-state index contributed by atoms with van der Waals surface area (Å²) in [6, 6.07) is 4.03. The first kappa shape index (κ1) is 12.8. The first-order chi connectivity index (χ1) is 8.67. The number of rotatable bonds is 4. The van der Waals surface area contributed by atoms with Gasteiger partial charge < -0.3 is 0 Å². The summed E-state index contributed by atoms with van der Waals surface area (Å²) in [5, 5.41) is 9.25. The molecule has 0 aliphatic carbocycles. The Hall–Kier alpha value is -1.67. The van der Waals surface area contributed by atoms with Gasteiger partial charge in [0.25, 0.3) is 5.56 Å². The molecular formula is C13H15N3OS. The monoisotopic (exact) mass is 261 g/mol. The molecule has 2 rings (SSSR count). The van der Waals surface area contributed by atoms with Crippen molar-refractivity contribution in [3.05, 3.63) is 27.1 Å². The molecule has 0 bridgehead atoms. The number of fused-ring (bicyclic) bond motifs is 1. The van der Waals surface area contributed by atoms with Crippen molar-refractivity contribution in [2.75, 3.05) is 0 Å². The maximum absolute atomic E-state index is 12.3. The summed E-state index contributed by atoms with van der Waals surface area (Å²) in [4.78, 5) is 18.8. The second kappa shape index (κ2) is 5.32. The Morgan fingerprint density at radius 1 is 1.56 bits per heavy atom. The standard InChI is InChI=1S/C13H15N3OS/c1-3-10-8-11-12(18-10)15-9(2)16(13(11)17)7-5-4-6-14/h8H,3-5,7H2,1-2H3. The number of nitriles is 1. The van der Waals surface area contributed by atoms with E-state index in [2.05, 4.69) is 18.0 Å². The Morgan fingerprint density at radius 2 is 2.33 bits per heavy atom. The van der Waals surface area contributed by atoms with Gasteiger partial charge in [0.15, 0.2) is 0 Å². The normalized spacial score (nSPS) is 10.7. The van der Waals surface area contributed by atoms with Crippen LogP contribution < -0.4 is 5.56 Å². The van der Waals surface area contributed by atoms with Crippen LogP contribution in [-0.2, 0) is 13.0 Å². The van der Waals surface area contributed by atoms with E-state index in [4.69, 9.17) is 5.26 Å². The fourth-order valence-corrected chi connectivity index (χ4v) is 2.92. The second-order valence-electron chi connectivity index (χ2n) is 4.16. The molecule has 0 saturated heterocycles. The molecule has 94 valence electrons. The van der Waals surface area contributed by atoms with E-state index in [0.717, 1.165) is 17.1 Å². The van der Waals surface area contributed by atoms with Crippen LogP contribution >= 0.6 is 11.3 Å². The zero-order valence-corrected chi connectivity index (χ0v) is 11.4. The molecule has 0 fully saturated rings. The largest absolute Gasteiger partial charge is 0.296 e. The third kappa shape index (κ3) is 2.29. The summed E-state index contributed by atoms with van der Waals surface area (Å²) < 4.78 is 1.67. The van der Waals surface area contributed by atoms with Gasteiger partial charge in [0.1, 0.15) is 10.7 Å². The molecule has 2 aromatic heterocycles. The third-order valence-corrected chi connectivity index (χ3v) is 4.09.